The first kappa shape index (κ1) is 11.7. The summed E-state index contributed by atoms with van der Waals surface area (Å²) in [5.74, 6) is -0.220. The second-order valence-corrected chi connectivity index (χ2v) is 4.32. The molecule has 0 saturated heterocycles. The molecular formula is C12H15FN2O2. The number of hydrogen-bond donors (Lipinski definition) is 2. The smallest absolute Gasteiger partial charge is 0.404 e. The van der Waals surface area contributed by atoms with Crippen LogP contribution in [-0.2, 0) is 6.42 Å². The van der Waals surface area contributed by atoms with Gasteiger partial charge in [0.2, 0.25) is 0 Å². The van der Waals surface area contributed by atoms with Gasteiger partial charge in [-0.1, -0.05) is 0 Å². The number of rotatable bonds is 3. The highest BCUT2D eigenvalue weighted by Crippen LogP contribution is 2.28. The van der Waals surface area contributed by atoms with Crippen molar-refractivity contribution in [3.8, 4) is 0 Å². The molecule has 1 amide bonds. The van der Waals surface area contributed by atoms with E-state index in [0.717, 1.165) is 24.2 Å². The van der Waals surface area contributed by atoms with Gasteiger partial charge in [0.25, 0.3) is 0 Å². The average Bonchev–Trinajstić information content (AvgIpc) is 2.59. The summed E-state index contributed by atoms with van der Waals surface area (Å²) in [5.41, 5.74) is 2.00. The largest absolute Gasteiger partial charge is 0.465 e. The van der Waals surface area contributed by atoms with Crippen molar-refractivity contribution in [2.45, 2.75) is 19.4 Å². The Balaban J connectivity index is 2.04. The van der Waals surface area contributed by atoms with Gasteiger partial charge in [-0.3, -0.25) is 0 Å². The fourth-order valence-electron chi connectivity index (χ4n) is 2.22. The van der Waals surface area contributed by atoms with Crippen LogP contribution in [0.15, 0.2) is 18.2 Å². The number of hydrogen-bond acceptors (Lipinski definition) is 2. The predicted molar refractivity (Wildman–Crippen MR) is 62.9 cm³/mol. The van der Waals surface area contributed by atoms with Gasteiger partial charge >= 0.3 is 6.09 Å². The van der Waals surface area contributed by atoms with E-state index in [1.165, 1.54) is 6.07 Å². The van der Waals surface area contributed by atoms with Gasteiger partial charge < -0.3 is 15.3 Å². The summed E-state index contributed by atoms with van der Waals surface area (Å²) in [5, 5.41) is 11.0. The topological polar surface area (TPSA) is 52.6 Å². The second kappa shape index (κ2) is 4.61. The molecule has 0 unspecified atom stereocenters. The molecule has 5 heteroatoms. The molecule has 92 valence electrons. The first-order valence-electron chi connectivity index (χ1n) is 5.59. The Labute approximate surface area is 99.0 Å². The fourth-order valence-corrected chi connectivity index (χ4v) is 2.22. The van der Waals surface area contributed by atoms with E-state index in [1.54, 1.807) is 12.1 Å². The molecule has 1 atom stereocenters. The van der Waals surface area contributed by atoms with Gasteiger partial charge in [0.15, 0.2) is 0 Å². The molecule has 2 N–H and O–H groups in total. The van der Waals surface area contributed by atoms with Crippen molar-refractivity contribution in [3.63, 3.8) is 0 Å². The molecule has 1 aromatic rings. The van der Waals surface area contributed by atoms with E-state index in [0.29, 0.717) is 6.54 Å². The minimum absolute atomic E-state index is 0.150. The maximum atomic E-state index is 13.0. The van der Waals surface area contributed by atoms with Crippen molar-refractivity contribution in [2.24, 2.45) is 0 Å². The van der Waals surface area contributed by atoms with Gasteiger partial charge in [-0.2, -0.15) is 0 Å². The molecule has 0 spiro atoms. The van der Waals surface area contributed by atoms with Gasteiger partial charge in [-0.05, 0) is 37.1 Å². The molecule has 1 aliphatic heterocycles. The Morgan fingerprint density at radius 1 is 1.65 bits per heavy atom. The van der Waals surface area contributed by atoms with E-state index in [1.807, 2.05) is 6.92 Å². The van der Waals surface area contributed by atoms with Crippen LogP contribution in [0.4, 0.5) is 14.9 Å². The van der Waals surface area contributed by atoms with Gasteiger partial charge in [-0.15, -0.1) is 0 Å². The molecule has 1 heterocycles. The first-order chi connectivity index (χ1) is 8.06. The van der Waals surface area contributed by atoms with Gasteiger partial charge in [0.05, 0.1) is 0 Å². The number of fused-ring (bicyclic) bond motifs is 1. The summed E-state index contributed by atoms with van der Waals surface area (Å²) in [6, 6.07) is 4.59. The van der Waals surface area contributed by atoms with Crippen molar-refractivity contribution in [2.75, 3.05) is 18.0 Å². The van der Waals surface area contributed by atoms with Crippen molar-refractivity contribution in [1.29, 1.82) is 0 Å². The summed E-state index contributed by atoms with van der Waals surface area (Å²) >= 11 is 0. The maximum Gasteiger partial charge on any atom is 0.404 e. The lowest BCUT2D eigenvalue weighted by atomic mass is 10.1. The third kappa shape index (κ3) is 2.67. The monoisotopic (exact) mass is 238 g/mol. The van der Waals surface area contributed by atoms with Crippen LogP contribution in [0, 0.1) is 5.82 Å². The zero-order chi connectivity index (χ0) is 12.4. The normalized spacial score (nSPS) is 15.5. The van der Waals surface area contributed by atoms with Crippen LogP contribution in [0.2, 0.25) is 0 Å². The molecule has 1 aliphatic rings. The van der Waals surface area contributed by atoms with Crippen LogP contribution >= 0.6 is 0 Å². The molecular weight excluding hydrogens is 223 g/mol. The van der Waals surface area contributed by atoms with Crippen molar-refractivity contribution >= 4 is 11.8 Å². The molecule has 0 fully saturated rings. The van der Waals surface area contributed by atoms with Crippen molar-refractivity contribution < 1.29 is 14.3 Å². The summed E-state index contributed by atoms with van der Waals surface area (Å²) < 4.78 is 13.0. The Bertz CT molecular complexity index is 437. The molecule has 0 bridgehead atoms. The minimum Gasteiger partial charge on any atom is -0.465 e. The summed E-state index contributed by atoms with van der Waals surface area (Å²) in [6.45, 7) is 3.23. The number of halogens is 1. The maximum absolute atomic E-state index is 13.0. The molecule has 4 nitrogen and oxygen atoms in total. The number of benzene rings is 1. The highest BCUT2D eigenvalue weighted by Gasteiger charge is 2.21. The Morgan fingerprint density at radius 2 is 2.41 bits per heavy atom. The molecule has 1 aromatic carbocycles. The van der Waals surface area contributed by atoms with E-state index in [-0.39, 0.29) is 11.9 Å². The third-order valence-corrected chi connectivity index (χ3v) is 2.90. The molecule has 0 aliphatic carbocycles. The summed E-state index contributed by atoms with van der Waals surface area (Å²) in [7, 11) is 0. The van der Waals surface area contributed by atoms with E-state index in [4.69, 9.17) is 5.11 Å². The van der Waals surface area contributed by atoms with Crippen LogP contribution in [0.3, 0.4) is 0 Å². The molecule has 0 saturated carbocycles. The molecule has 0 radical (unpaired) electrons. The van der Waals surface area contributed by atoms with E-state index < -0.39 is 6.09 Å². The highest BCUT2D eigenvalue weighted by molar-refractivity contribution is 5.65. The standard InChI is InChI=1S/C12H15FN2O2/c1-8(14-12(16)17)7-15-5-4-9-6-10(13)2-3-11(9)15/h2-3,6,8,14H,4-5,7H2,1H3,(H,16,17)/t8-/m0/s1. The molecule has 2 rings (SSSR count). The molecule has 0 aromatic heterocycles. The van der Waals surface area contributed by atoms with Crippen LogP contribution in [-0.4, -0.2) is 30.3 Å². The van der Waals surface area contributed by atoms with Gasteiger partial charge in [-0.25, -0.2) is 9.18 Å². The number of nitrogens with zero attached hydrogens (tertiary/aromatic N) is 1. The fraction of sp³-hybridized carbons (Fsp3) is 0.417. The Hall–Kier alpha value is -1.78. The van der Waals surface area contributed by atoms with Crippen LogP contribution in [0.1, 0.15) is 12.5 Å². The lowest BCUT2D eigenvalue weighted by Crippen LogP contribution is -2.40. The Morgan fingerprint density at radius 3 is 3.12 bits per heavy atom. The summed E-state index contributed by atoms with van der Waals surface area (Å²) in [4.78, 5) is 12.6. The number of anilines is 1. The zero-order valence-electron chi connectivity index (χ0n) is 9.61. The van der Waals surface area contributed by atoms with Crippen molar-refractivity contribution in [3.05, 3.63) is 29.6 Å². The lowest BCUT2D eigenvalue weighted by molar-refractivity contribution is 0.191. The van der Waals surface area contributed by atoms with Crippen LogP contribution in [0.25, 0.3) is 0 Å². The van der Waals surface area contributed by atoms with Gasteiger partial charge in [0.1, 0.15) is 5.82 Å². The number of carbonyl (C=O) groups is 1. The van der Waals surface area contributed by atoms with Crippen LogP contribution < -0.4 is 10.2 Å². The lowest BCUT2D eigenvalue weighted by Gasteiger charge is -2.23. The minimum atomic E-state index is -1.02. The SMILES string of the molecule is C[C@@H](CN1CCc2cc(F)ccc21)NC(=O)O. The quantitative estimate of drug-likeness (QED) is 0.844. The molecule has 17 heavy (non-hydrogen) atoms. The predicted octanol–water partition coefficient (Wildman–Crippen LogP) is 1.84. The van der Waals surface area contributed by atoms with Crippen LogP contribution in [0.5, 0.6) is 0 Å². The number of carboxylic acid groups (broad SMARTS) is 1. The third-order valence-electron chi connectivity index (χ3n) is 2.90. The Kier molecular flexibility index (Phi) is 3.17. The van der Waals surface area contributed by atoms with E-state index >= 15 is 0 Å². The average molecular weight is 238 g/mol. The first-order valence-corrected chi connectivity index (χ1v) is 5.59. The highest BCUT2D eigenvalue weighted by atomic mass is 19.1. The zero-order valence-corrected chi connectivity index (χ0v) is 9.61. The van der Waals surface area contributed by atoms with Gasteiger partial charge in [0, 0.05) is 24.8 Å². The summed E-state index contributed by atoms with van der Waals surface area (Å²) in [6.07, 6.45) is -0.205. The number of amides is 1. The number of nitrogens with one attached hydrogen (secondary N) is 1. The van der Waals surface area contributed by atoms with Crippen molar-refractivity contribution in [1.82, 2.24) is 5.32 Å². The van der Waals surface area contributed by atoms with E-state index in [2.05, 4.69) is 10.2 Å². The van der Waals surface area contributed by atoms with E-state index in [9.17, 15) is 9.18 Å². The second-order valence-electron chi connectivity index (χ2n) is 4.32.